The lowest BCUT2D eigenvalue weighted by atomic mass is 10.3. The van der Waals surface area contributed by atoms with E-state index in [-0.39, 0.29) is 23.7 Å². The van der Waals surface area contributed by atoms with Gasteiger partial charge >= 0.3 is 0 Å². The number of benzene rings is 1. The molecule has 1 aromatic carbocycles. The molecule has 0 unspecified atom stereocenters. The van der Waals surface area contributed by atoms with Crippen molar-refractivity contribution in [3.05, 3.63) is 58.5 Å². The molecule has 1 N–H and O–H groups in total. The zero-order valence-electron chi connectivity index (χ0n) is 15.2. The highest BCUT2D eigenvalue weighted by Crippen LogP contribution is 2.07. The van der Waals surface area contributed by atoms with Gasteiger partial charge in [0.25, 0.3) is 11.5 Å². The number of morpholine rings is 1. The molecule has 1 aromatic heterocycles. The highest BCUT2D eigenvalue weighted by atomic mass is 16.5. The maximum absolute atomic E-state index is 12.3. The molecule has 3 rings (SSSR count). The molecule has 8 nitrogen and oxygen atoms in total. The lowest BCUT2D eigenvalue weighted by Crippen LogP contribution is -2.41. The van der Waals surface area contributed by atoms with Gasteiger partial charge in [-0.05, 0) is 18.2 Å². The van der Waals surface area contributed by atoms with Crippen LogP contribution >= 0.6 is 0 Å². The van der Waals surface area contributed by atoms with Gasteiger partial charge in [0, 0.05) is 32.2 Å². The number of aromatic nitrogens is 2. The first-order valence-electron chi connectivity index (χ1n) is 9.07. The third kappa shape index (κ3) is 5.90. The Hall–Kier alpha value is -2.71. The summed E-state index contributed by atoms with van der Waals surface area (Å²) in [5.74, 6) is 0.434. The van der Waals surface area contributed by atoms with Crippen molar-refractivity contribution in [3.8, 4) is 5.75 Å². The van der Waals surface area contributed by atoms with Crippen LogP contribution in [0.4, 0.5) is 0 Å². The fourth-order valence-electron chi connectivity index (χ4n) is 2.74. The Morgan fingerprint density at radius 3 is 2.67 bits per heavy atom. The standard InChI is InChI=1S/C19H24N4O4/c24-18-7-6-17(19(25)20-8-9-22-10-13-26-14-11-22)21-23(18)12-15-27-16-4-2-1-3-5-16/h1-7H,8-15H2,(H,20,25). The number of nitrogens with zero attached hydrogens (tertiary/aromatic N) is 3. The molecule has 2 heterocycles. The van der Waals surface area contributed by atoms with E-state index in [1.807, 2.05) is 30.3 Å². The summed E-state index contributed by atoms with van der Waals surface area (Å²) in [5.41, 5.74) is -0.0483. The van der Waals surface area contributed by atoms with Crippen molar-refractivity contribution in [1.82, 2.24) is 20.0 Å². The second-order valence-corrected chi connectivity index (χ2v) is 6.15. The van der Waals surface area contributed by atoms with E-state index in [4.69, 9.17) is 9.47 Å². The topological polar surface area (TPSA) is 85.7 Å². The Balaban J connectivity index is 1.49. The van der Waals surface area contributed by atoms with Gasteiger partial charge < -0.3 is 14.8 Å². The number of amides is 1. The Kier molecular flexibility index (Phi) is 6.95. The number of para-hydroxylation sites is 1. The van der Waals surface area contributed by atoms with E-state index in [2.05, 4.69) is 15.3 Å². The van der Waals surface area contributed by atoms with Crippen LogP contribution in [-0.4, -0.2) is 66.6 Å². The predicted molar refractivity (Wildman–Crippen MR) is 100 cm³/mol. The highest BCUT2D eigenvalue weighted by molar-refractivity contribution is 5.91. The summed E-state index contributed by atoms with van der Waals surface area (Å²) in [7, 11) is 0. The van der Waals surface area contributed by atoms with Gasteiger partial charge in [-0.3, -0.25) is 14.5 Å². The zero-order valence-corrected chi connectivity index (χ0v) is 15.2. The molecule has 0 radical (unpaired) electrons. The Bertz CT molecular complexity index is 788. The molecule has 8 heteroatoms. The maximum Gasteiger partial charge on any atom is 0.271 e. The van der Waals surface area contributed by atoms with Crippen LogP contribution < -0.4 is 15.6 Å². The smallest absolute Gasteiger partial charge is 0.271 e. The number of rotatable bonds is 8. The summed E-state index contributed by atoms with van der Waals surface area (Å²) in [6.45, 7) is 5.05. The van der Waals surface area contributed by atoms with Crippen molar-refractivity contribution in [2.75, 3.05) is 46.0 Å². The Morgan fingerprint density at radius 2 is 1.89 bits per heavy atom. The van der Waals surface area contributed by atoms with Crippen LogP contribution in [0.3, 0.4) is 0 Å². The van der Waals surface area contributed by atoms with E-state index in [1.54, 1.807) is 0 Å². The monoisotopic (exact) mass is 372 g/mol. The minimum atomic E-state index is -0.291. The molecule has 0 atom stereocenters. The molecule has 2 aromatic rings. The molecule has 0 aliphatic carbocycles. The lowest BCUT2D eigenvalue weighted by molar-refractivity contribution is 0.0383. The Morgan fingerprint density at radius 1 is 1.11 bits per heavy atom. The molecule has 27 heavy (non-hydrogen) atoms. The summed E-state index contributed by atoms with van der Waals surface area (Å²) in [4.78, 5) is 26.5. The molecule has 0 bridgehead atoms. The van der Waals surface area contributed by atoms with E-state index >= 15 is 0 Å². The van der Waals surface area contributed by atoms with Gasteiger partial charge in [0.2, 0.25) is 0 Å². The number of nitrogens with one attached hydrogen (secondary N) is 1. The van der Waals surface area contributed by atoms with Crippen LogP contribution in [0.25, 0.3) is 0 Å². The van der Waals surface area contributed by atoms with E-state index in [1.165, 1.54) is 16.8 Å². The fraction of sp³-hybridized carbons (Fsp3) is 0.421. The number of carbonyl (C=O) groups excluding carboxylic acids is 1. The van der Waals surface area contributed by atoms with Crippen molar-refractivity contribution in [3.63, 3.8) is 0 Å². The molecular weight excluding hydrogens is 348 g/mol. The van der Waals surface area contributed by atoms with Crippen LogP contribution in [-0.2, 0) is 11.3 Å². The lowest BCUT2D eigenvalue weighted by Gasteiger charge is -2.26. The van der Waals surface area contributed by atoms with Gasteiger partial charge in [0.15, 0.2) is 0 Å². The molecule has 0 saturated carbocycles. The van der Waals surface area contributed by atoms with E-state index in [9.17, 15) is 9.59 Å². The number of carbonyl (C=O) groups is 1. The normalized spacial score (nSPS) is 14.7. The first kappa shape index (κ1) is 19.1. The zero-order chi connectivity index (χ0) is 18.9. The van der Waals surface area contributed by atoms with Crippen molar-refractivity contribution in [2.45, 2.75) is 6.54 Å². The first-order chi connectivity index (χ1) is 13.2. The van der Waals surface area contributed by atoms with Gasteiger partial charge in [0.05, 0.1) is 19.8 Å². The average molecular weight is 372 g/mol. The highest BCUT2D eigenvalue weighted by Gasteiger charge is 2.12. The van der Waals surface area contributed by atoms with Crippen LogP contribution in [0.5, 0.6) is 5.75 Å². The third-order valence-electron chi connectivity index (χ3n) is 4.23. The van der Waals surface area contributed by atoms with Crippen LogP contribution in [0.2, 0.25) is 0 Å². The van der Waals surface area contributed by atoms with Gasteiger partial charge in [-0.15, -0.1) is 0 Å². The number of hydrogen-bond donors (Lipinski definition) is 1. The summed E-state index contributed by atoms with van der Waals surface area (Å²) in [6, 6.07) is 12.1. The van der Waals surface area contributed by atoms with E-state index < -0.39 is 0 Å². The molecular formula is C19H24N4O4. The minimum Gasteiger partial charge on any atom is -0.492 e. The Labute approximate surface area is 157 Å². The van der Waals surface area contributed by atoms with Crippen molar-refractivity contribution in [2.24, 2.45) is 0 Å². The summed E-state index contributed by atoms with van der Waals surface area (Å²) in [6.07, 6.45) is 0. The third-order valence-corrected chi connectivity index (χ3v) is 4.23. The summed E-state index contributed by atoms with van der Waals surface area (Å²) < 4.78 is 12.1. The number of ether oxygens (including phenoxy) is 2. The molecule has 1 amide bonds. The van der Waals surface area contributed by atoms with Crippen LogP contribution in [0.1, 0.15) is 10.5 Å². The molecule has 1 saturated heterocycles. The minimum absolute atomic E-state index is 0.219. The molecule has 1 fully saturated rings. The van der Waals surface area contributed by atoms with Crippen molar-refractivity contribution < 1.29 is 14.3 Å². The van der Waals surface area contributed by atoms with Crippen molar-refractivity contribution >= 4 is 5.91 Å². The van der Waals surface area contributed by atoms with Gasteiger partial charge in [-0.1, -0.05) is 18.2 Å². The molecule has 0 spiro atoms. The fourth-order valence-corrected chi connectivity index (χ4v) is 2.74. The van der Waals surface area contributed by atoms with Crippen LogP contribution in [0.15, 0.2) is 47.3 Å². The quantitative estimate of drug-likeness (QED) is 0.721. The summed E-state index contributed by atoms with van der Waals surface area (Å²) in [5, 5.41) is 6.99. The maximum atomic E-state index is 12.3. The van der Waals surface area contributed by atoms with Gasteiger partial charge in [-0.2, -0.15) is 5.10 Å². The van der Waals surface area contributed by atoms with Gasteiger partial charge in [-0.25, -0.2) is 4.68 Å². The first-order valence-corrected chi connectivity index (χ1v) is 9.07. The average Bonchev–Trinajstić information content (AvgIpc) is 2.71. The van der Waals surface area contributed by atoms with Crippen molar-refractivity contribution in [1.29, 1.82) is 0 Å². The molecule has 1 aliphatic heterocycles. The van der Waals surface area contributed by atoms with E-state index in [0.29, 0.717) is 13.2 Å². The molecule has 1 aliphatic rings. The second-order valence-electron chi connectivity index (χ2n) is 6.15. The number of hydrogen-bond acceptors (Lipinski definition) is 6. The largest absolute Gasteiger partial charge is 0.492 e. The van der Waals surface area contributed by atoms with Crippen LogP contribution in [0, 0.1) is 0 Å². The summed E-state index contributed by atoms with van der Waals surface area (Å²) >= 11 is 0. The second kappa shape index (κ2) is 9.84. The van der Waals surface area contributed by atoms with Gasteiger partial charge in [0.1, 0.15) is 18.1 Å². The predicted octanol–water partition coefficient (Wildman–Crippen LogP) is 0.384. The van der Waals surface area contributed by atoms with E-state index in [0.717, 1.165) is 38.6 Å². The SMILES string of the molecule is O=C(NCCN1CCOCC1)c1ccc(=O)n(CCOc2ccccc2)n1. The molecule has 144 valence electrons.